The molecule has 5 heteroatoms. The van der Waals surface area contributed by atoms with Gasteiger partial charge in [-0.2, -0.15) is 0 Å². The Kier molecular flexibility index (Phi) is 3.85. The normalized spacial score (nSPS) is 10.0. The largest absolute Gasteiger partial charge is 0.464 e. The van der Waals surface area contributed by atoms with E-state index in [0.717, 1.165) is 10.6 Å². The number of aryl methyl sites for hydroxylation is 1. The molecule has 0 saturated carbocycles. The van der Waals surface area contributed by atoms with E-state index in [2.05, 4.69) is 4.98 Å². The molecule has 1 aromatic heterocycles. The molecular weight excluding hydrogens is 190 g/mol. The van der Waals surface area contributed by atoms with Crippen LogP contribution >= 0.6 is 11.3 Å². The maximum absolute atomic E-state index is 10.5. The van der Waals surface area contributed by atoms with Gasteiger partial charge in [-0.25, -0.2) is 9.78 Å². The van der Waals surface area contributed by atoms with E-state index in [4.69, 9.17) is 9.84 Å². The highest BCUT2D eigenvalue weighted by Gasteiger charge is 2.03. The van der Waals surface area contributed by atoms with E-state index in [1.165, 1.54) is 0 Å². The van der Waals surface area contributed by atoms with Crippen molar-refractivity contribution in [3.63, 3.8) is 0 Å². The number of thiazole rings is 1. The van der Waals surface area contributed by atoms with Gasteiger partial charge in [-0.05, 0) is 6.92 Å². The van der Waals surface area contributed by atoms with Gasteiger partial charge in [0.1, 0.15) is 6.61 Å². The molecule has 0 saturated heterocycles. The molecule has 0 aliphatic rings. The number of hydrogen-bond acceptors (Lipinski definition) is 5. The topological polar surface area (TPSA) is 59.4 Å². The first-order chi connectivity index (χ1) is 6.24. The molecular formula is C8H11NO3S. The number of carbonyl (C=O) groups is 1. The van der Waals surface area contributed by atoms with Crippen molar-refractivity contribution in [1.29, 1.82) is 0 Å². The molecule has 0 aromatic carbocycles. The van der Waals surface area contributed by atoms with E-state index in [9.17, 15) is 4.79 Å². The molecule has 0 aliphatic heterocycles. The highest BCUT2D eigenvalue weighted by atomic mass is 32.1. The van der Waals surface area contributed by atoms with Crippen LogP contribution in [-0.4, -0.2) is 29.3 Å². The molecule has 0 unspecified atom stereocenters. The summed E-state index contributed by atoms with van der Waals surface area (Å²) in [6.45, 7) is 1.67. The molecule has 13 heavy (non-hydrogen) atoms. The Morgan fingerprint density at radius 2 is 2.54 bits per heavy atom. The molecule has 1 rings (SSSR count). The van der Waals surface area contributed by atoms with Crippen molar-refractivity contribution in [2.45, 2.75) is 13.3 Å². The lowest BCUT2D eigenvalue weighted by molar-refractivity contribution is -0.146. The van der Waals surface area contributed by atoms with Gasteiger partial charge in [-0.1, -0.05) is 0 Å². The molecule has 0 radical (unpaired) electrons. The second-order valence-corrected chi connectivity index (χ2v) is 3.43. The second kappa shape index (κ2) is 4.94. The fourth-order valence-corrected chi connectivity index (χ4v) is 1.63. The molecule has 0 bridgehead atoms. The minimum Gasteiger partial charge on any atom is -0.464 e. The monoisotopic (exact) mass is 201 g/mol. The van der Waals surface area contributed by atoms with Crippen LogP contribution in [0.5, 0.6) is 0 Å². The predicted molar refractivity (Wildman–Crippen MR) is 48.6 cm³/mol. The van der Waals surface area contributed by atoms with Gasteiger partial charge in [0.2, 0.25) is 0 Å². The van der Waals surface area contributed by atoms with Crippen LogP contribution in [-0.2, 0) is 16.0 Å². The van der Waals surface area contributed by atoms with Crippen molar-refractivity contribution in [2.75, 3.05) is 13.2 Å². The zero-order chi connectivity index (χ0) is 9.68. The zero-order valence-electron chi connectivity index (χ0n) is 7.32. The lowest BCUT2D eigenvalue weighted by Gasteiger charge is -2.00. The SMILES string of the molecule is Cc1ncsc1CCOC(=O)CO. The standard InChI is InChI=1S/C8H11NO3S/c1-6-7(13-5-9-6)2-3-12-8(11)4-10/h5,10H,2-4H2,1H3. The van der Waals surface area contributed by atoms with Crippen molar-refractivity contribution in [3.05, 3.63) is 16.1 Å². The molecule has 72 valence electrons. The highest BCUT2D eigenvalue weighted by Crippen LogP contribution is 2.12. The summed E-state index contributed by atoms with van der Waals surface area (Å²) in [5, 5.41) is 8.36. The second-order valence-electron chi connectivity index (χ2n) is 2.49. The Bertz CT molecular complexity index is 285. The van der Waals surface area contributed by atoms with Crippen molar-refractivity contribution in [2.24, 2.45) is 0 Å². The average Bonchev–Trinajstić information content (AvgIpc) is 2.52. The molecule has 4 nitrogen and oxygen atoms in total. The van der Waals surface area contributed by atoms with E-state index in [1.807, 2.05) is 6.92 Å². The van der Waals surface area contributed by atoms with Gasteiger partial charge >= 0.3 is 5.97 Å². The van der Waals surface area contributed by atoms with E-state index >= 15 is 0 Å². The molecule has 0 fully saturated rings. The van der Waals surface area contributed by atoms with Gasteiger partial charge in [0, 0.05) is 11.3 Å². The van der Waals surface area contributed by atoms with Crippen molar-refractivity contribution in [3.8, 4) is 0 Å². The third kappa shape index (κ3) is 3.12. The van der Waals surface area contributed by atoms with Crippen LogP contribution in [0.3, 0.4) is 0 Å². The van der Waals surface area contributed by atoms with E-state index in [-0.39, 0.29) is 0 Å². The van der Waals surface area contributed by atoms with Crippen LogP contribution in [0.2, 0.25) is 0 Å². The molecule has 0 spiro atoms. The number of aliphatic hydroxyl groups excluding tert-OH is 1. The van der Waals surface area contributed by atoms with Crippen LogP contribution in [0.25, 0.3) is 0 Å². The number of nitrogens with zero attached hydrogens (tertiary/aromatic N) is 1. The van der Waals surface area contributed by atoms with Crippen molar-refractivity contribution in [1.82, 2.24) is 4.98 Å². The van der Waals surface area contributed by atoms with Gasteiger partial charge in [0.25, 0.3) is 0 Å². The number of aromatic nitrogens is 1. The number of ether oxygens (including phenoxy) is 1. The quantitative estimate of drug-likeness (QED) is 0.722. The summed E-state index contributed by atoms with van der Waals surface area (Å²) in [5.41, 5.74) is 2.74. The van der Waals surface area contributed by atoms with Crippen LogP contribution in [0, 0.1) is 6.92 Å². The van der Waals surface area contributed by atoms with Gasteiger partial charge in [-0.15, -0.1) is 11.3 Å². The van der Waals surface area contributed by atoms with Crippen molar-refractivity contribution >= 4 is 17.3 Å². The third-order valence-corrected chi connectivity index (χ3v) is 2.56. The van der Waals surface area contributed by atoms with Crippen LogP contribution in [0.15, 0.2) is 5.51 Å². The Hall–Kier alpha value is -0.940. The lowest BCUT2D eigenvalue weighted by atomic mass is 10.3. The smallest absolute Gasteiger partial charge is 0.331 e. The summed E-state index contributed by atoms with van der Waals surface area (Å²) in [6.07, 6.45) is 0.669. The summed E-state index contributed by atoms with van der Waals surface area (Å²) >= 11 is 1.54. The Morgan fingerprint density at radius 1 is 1.77 bits per heavy atom. The van der Waals surface area contributed by atoms with E-state index < -0.39 is 12.6 Å². The number of hydrogen-bond donors (Lipinski definition) is 1. The fourth-order valence-electron chi connectivity index (χ4n) is 0.869. The maximum Gasteiger partial charge on any atom is 0.331 e. The minimum atomic E-state index is -0.581. The Balaban J connectivity index is 2.28. The molecule has 1 aromatic rings. The van der Waals surface area contributed by atoms with Crippen LogP contribution in [0.1, 0.15) is 10.6 Å². The molecule has 0 aliphatic carbocycles. The number of aliphatic hydroxyl groups is 1. The molecule has 1 heterocycles. The van der Waals surface area contributed by atoms with Crippen LogP contribution in [0.4, 0.5) is 0 Å². The average molecular weight is 201 g/mol. The van der Waals surface area contributed by atoms with Crippen LogP contribution < -0.4 is 0 Å². The first kappa shape index (κ1) is 10.1. The summed E-state index contributed by atoms with van der Waals surface area (Å²) in [4.78, 5) is 15.7. The number of carbonyl (C=O) groups excluding carboxylic acids is 1. The first-order valence-corrected chi connectivity index (χ1v) is 4.77. The minimum absolute atomic E-state index is 0.308. The maximum atomic E-state index is 10.5. The summed E-state index contributed by atoms with van der Waals surface area (Å²) < 4.78 is 4.71. The van der Waals surface area contributed by atoms with Gasteiger partial charge in [0.05, 0.1) is 17.8 Å². The number of rotatable bonds is 4. The van der Waals surface area contributed by atoms with Gasteiger partial charge < -0.3 is 9.84 Å². The van der Waals surface area contributed by atoms with E-state index in [1.54, 1.807) is 16.8 Å². The summed E-state index contributed by atoms with van der Waals surface area (Å²) in [6, 6.07) is 0. The number of esters is 1. The van der Waals surface area contributed by atoms with Gasteiger partial charge in [-0.3, -0.25) is 0 Å². The molecule has 0 amide bonds. The molecule has 0 atom stereocenters. The fraction of sp³-hybridized carbons (Fsp3) is 0.500. The Labute approximate surface area is 80.2 Å². The Morgan fingerprint density at radius 3 is 3.08 bits per heavy atom. The third-order valence-electron chi connectivity index (χ3n) is 1.57. The lowest BCUT2D eigenvalue weighted by Crippen LogP contribution is -2.11. The highest BCUT2D eigenvalue weighted by molar-refractivity contribution is 7.09. The van der Waals surface area contributed by atoms with E-state index in [0.29, 0.717) is 13.0 Å². The van der Waals surface area contributed by atoms with Gasteiger partial charge in [0.15, 0.2) is 0 Å². The summed E-state index contributed by atoms with van der Waals surface area (Å²) in [5.74, 6) is -0.581. The predicted octanol–water partition coefficient (Wildman–Crippen LogP) is 0.530. The zero-order valence-corrected chi connectivity index (χ0v) is 8.13. The van der Waals surface area contributed by atoms with Crippen molar-refractivity contribution < 1.29 is 14.6 Å². The summed E-state index contributed by atoms with van der Waals surface area (Å²) in [7, 11) is 0. The first-order valence-electron chi connectivity index (χ1n) is 3.89. The molecule has 1 N–H and O–H groups in total.